The summed E-state index contributed by atoms with van der Waals surface area (Å²) in [4.78, 5) is 2.19. The third-order valence-electron chi connectivity index (χ3n) is 2.67. The van der Waals surface area contributed by atoms with Gasteiger partial charge in [0.1, 0.15) is 0 Å². The standard InChI is InChI=1S/C10H18N2/c1-12(2)8-10-6-4-3-5-9(10)7-11/h9-10H,3-6,8H2,1-2H3/t9-,10+/m0/s1. The molecular weight excluding hydrogens is 148 g/mol. The highest BCUT2D eigenvalue weighted by atomic mass is 15.1. The zero-order valence-electron chi connectivity index (χ0n) is 8.08. The normalized spacial score (nSPS) is 30.2. The molecule has 0 aromatic heterocycles. The van der Waals surface area contributed by atoms with Gasteiger partial charge in [-0.1, -0.05) is 12.8 Å². The second-order valence-corrected chi connectivity index (χ2v) is 4.04. The topological polar surface area (TPSA) is 27.0 Å². The molecule has 0 radical (unpaired) electrons. The summed E-state index contributed by atoms with van der Waals surface area (Å²) in [7, 11) is 4.17. The average molecular weight is 166 g/mol. The maximum Gasteiger partial charge on any atom is 0.0659 e. The number of hydrogen-bond acceptors (Lipinski definition) is 2. The maximum atomic E-state index is 8.91. The van der Waals surface area contributed by atoms with Gasteiger partial charge in [0.25, 0.3) is 0 Å². The Bertz CT molecular complexity index is 169. The van der Waals surface area contributed by atoms with Gasteiger partial charge in [0.05, 0.1) is 12.0 Å². The van der Waals surface area contributed by atoms with E-state index < -0.39 is 0 Å². The fraction of sp³-hybridized carbons (Fsp3) is 0.900. The molecule has 0 N–H and O–H groups in total. The van der Waals surface area contributed by atoms with Crippen molar-refractivity contribution >= 4 is 0 Å². The summed E-state index contributed by atoms with van der Waals surface area (Å²) in [5.41, 5.74) is 0. The van der Waals surface area contributed by atoms with Gasteiger partial charge in [-0.3, -0.25) is 0 Å². The molecular formula is C10H18N2. The zero-order chi connectivity index (χ0) is 8.97. The Hall–Kier alpha value is -0.550. The van der Waals surface area contributed by atoms with Crippen LogP contribution in [-0.4, -0.2) is 25.5 Å². The molecule has 0 aliphatic heterocycles. The molecule has 68 valence electrons. The maximum absolute atomic E-state index is 8.91. The molecule has 1 aliphatic carbocycles. The van der Waals surface area contributed by atoms with Gasteiger partial charge in [0.15, 0.2) is 0 Å². The molecule has 0 bridgehead atoms. The van der Waals surface area contributed by atoms with Crippen LogP contribution in [0.1, 0.15) is 25.7 Å². The van der Waals surface area contributed by atoms with E-state index in [1.807, 2.05) is 0 Å². The second kappa shape index (κ2) is 4.47. The second-order valence-electron chi connectivity index (χ2n) is 4.04. The molecule has 0 aromatic rings. The molecule has 2 nitrogen and oxygen atoms in total. The summed E-state index contributed by atoms with van der Waals surface area (Å²) in [6.07, 6.45) is 4.93. The minimum absolute atomic E-state index is 0.321. The van der Waals surface area contributed by atoms with E-state index in [0.29, 0.717) is 11.8 Å². The summed E-state index contributed by atoms with van der Waals surface area (Å²) in [6, 6.07) is 2.43. The fourth-order valence-electron chi connectivity index (χ4n) is 2.07. The minimum atomic E-state index is 0.321. The van der Waals surface area contributed by atoms with Gasteiger partial charge in [0, 0.05) is 6.54 Å². The molecule has 0 amide bonds. The Balaban J connectivity index is 2.43. The molecule has 2 heteroatoms. The summed E-state index contributed by atoms with van der Waals surface area (Å²) in [5, 5.41) is 8.91. The molecule has 2 atom stereocenters. The molecule has 1 saturated carbocycles. The lowest BCUT2D eigenvalue weighted by molar-refractivity contribution is 0.222. The van der Waals surface area contributed by atoms with Crippen LogP contribution in [0, 0.1) is 23.2 Å². The van der Waals surface area contributed by atoms with E-state index in [1.165, 1.54) is 19.3 Å². The van der Waals surface area contributed by atoms with E-state index in [-0.39, 0.29) is 0 Å². The van der Waals surface area contributed by atoms with E-state index in [1.54, 1.807) is 0 Å². The van der Waals surface area contributed by atoms with Crippen LogP contribution in [0.5, 0.6) is 0 Å². The predicted octanol–water partition coefficient (Wildman–Crippen LogP) is 1.88. The van der Waals surface area contributed by atoms with E-state index in [0.717, 1.165) is 13.0 Å². The van der Waals surface area contributed by atoms with E-state index in [9.17, 15) is 0 Å². The van der Waals surface area contributed by atoms with Crippen molar-refractivity contribution in [2.45, 2.75) is 25.7 Å². The highest BCUT2D eigenvalue weighted by Crippen LogP contribution is 2.29. The van der Waals surface area contributed by atoms with E-state index in [4.69, 9.17) is 5.26 Å². The van der Waals surface area contributed by atoms with Crippen LogP contribution < -0.4 is 0 Å². The number of nitrogens with zero attached hydrogens (tertiary/aromatic N) is 2. The third kappa shape index (κ3) is 2.49. The third-order valence-corrected chi connectivity index (χ3v) is 2.67. The average Bonchev–Trinajstić information content (AvgIpc) is 2.04. The lowest BCUT2D eigenvalue weighted by atomic mass is 9.80. The minimum Gasteiger partial charge on any atom is -0.309 e. The summed E-state index contributed by atoms with van der Waals surface area (Å²) < 4.78 is 0. The van der Waals surface area contributed by atoms with Crippen LogP contribution in [0.2, 0.25) is 0 Å². The smallest absolute Gasteiger partial charge is 0.0659 e. The van der Waals surface area contributed by atoms with Crippen molar-refractivity contribution in [1.82, 2.24) is 4.90 Å². The first-order chi connectivity index (χ1) is 5.74. The first-order valence-corrected chi connectivity index (χ1v) is 4.78. The van der Waals surface area contributed by atoms with Crippen molar-refractivity contribution in [3.05, 3.63) is 0 Å². The first kappa shape index (κ1) is 9.54. The highest BCUT2D eigenvalue weighted by Gasteiger charge is 2.24. The summed E-state index contributed by atoms with van der Waals surface area (Å²) >= 11 is 0. The molecule has 1 fully saturated rings. The van der Waals surface area contributed by atoms with Crippen LogP contribution in [0.3, 0.4) is 0 Å². The van der Waals surface area contributed by atoms with Crippen molar-refractivity contribution in [3.63, 3.8) is 0 Å². The SMILES string of the molecule is CN(C)C[C@H]1CCCC[C@H]1C#N. The van der Waals surface area contributed by atoms with Crippen molar-refractivity contribution < 1.29 is 0 Å². The molecule has 12 heavy (non-hydrogen) atoms. The van der Waals surface area contributed by atoms with Crippen molar-refractivity contribution in [3.8, 4) is 6.07 Å². The molecule has 0 unspecified atom stereocenters. The lowest BCUT2D eigenvalue weighted by Crippen LogP contribution is -2.29. The Kier molecular flexibility index (Phi) is 3.55. The predicted molar refractivity (Wildman–Crippen MR) is 49.6 cm³/mol. The monoisotopic (exact) mass is 166 g/mol. The largest absolute Gasteiger partial charge is 0.309 e. The van der Waals surface area contributed by atoms with Gasteiger partial charge in [-0.2, -0.15) is 5.26 Å². The van der Waals surface area contributed by atoms with Gasteiger partial charge in [0.2, 0.25) is 0 Å². The number of rotatable bonds is 2. The van der Waals surface area contributed by atoms with Crippen LogP contribution in [0.15, 0.2) is 0 Å². The quantitative estimate of drug-likeness (QED) is 0.626. The number of hydrogen-bond donors (Lipinski definition) is 0. The van der Waals surface area contributed by atoms with E-state index in [2.05, 4.69) is 25.1 Å². The first-order valence-electron chi connectivity index (χ1n) is 4.78. The molecule has 0 heterocycles. The van der Waals surface area contributed by atoms with Crippen molar-refractivity contribution in [2.24, 2.45) is 11.8 Å². The van der Waals surface area contributed by atoms with Crippen molar-refractivity contribution in [2.75, 3.05) is 20.6 Å². The Morgan fingerprint density at radius 1 is 1.33 bits per heavy atom. The molecule has 0 saturated heterocycles. The van der Waals surface area contributed by atoms with Crippen LogP contribution in [-0.2, 0) is 0 Å². The van der Waals surface area contributed by atoms with Crippen LogP contribution >= 0.6 is 0 Å². The summed E-state index contributed by atoms with van der Waals surface area (Å²) in [5.74, 6) is 0.944. The van der Waals surface area contributed by atoms with Crippen LogP contribution in [0.25, 0.3) is 0 Å². The molecule has 1 rings (SSSR count). The van der Waals surface area contributed by atoms with Gasteiger partial charge in [-0.25, -0.2) is 0 Å². The molecule has 1 aliphatic rings. The Labute approximate surface area is 75.2 Å². The summed E-state index contributed by atoms with van der Waals surface area (Å²) in [6.45, 7) is 1.08. The van der Waals surface area contributed by atoms with Gasteiger partial charge >= 0.3 is 0 Å². The van der Waals surface area contributed by atoms with Crippen LogP contribution in [0.4, 0.5) is 0 Å². The molecule has 0 aromatic carbocycles. The highest BCUT2D eigenvalue weighted by molar-refractivity contribution is 4.91. The Morgan fingerprint density at radius 3 is 2.58 bits per heavy atom. The zero-order valence-corrected chi connectivity index (χ0v) is 8.08. The number of nitriles is 1. The molecule has 0 spiro atoms. The Morgan fingerprint density at radius 2 is 2.00 bits per heavy atom. The van der Waals surface area contributed by atoms with Gasteiger partial charge < -0.3 is 4.90 Å². The van der Waals surface area contributed by atoms with Gasteiger partial charge in [-0.15, -0.1) is 0 Å². The fourth-order valence-corrected chi connectivity index (χ4v) is 2.07. The lowest BCUT2D eigenvalue weighted by Gasteiger charge is -2.28. The van der Waals surface area contributed by atoms with Gasteiger partial charge in [-0.05, 0) is 32.9 Å². The van der Waals surface area contributed by atoms with Crippen molar-refractivity contribution in [1.29, 1.82) is 5.26 Å². The van der Waals surface area contributed by atoms with E-state index >= 15 is 0 Å².